The number of nitriles is 1. The van der Waals surface area contributed by atoms with Crippen molar-refractivity contribution >= 4 is 11.4 Å². The van der Waals surface area contributed by atoms with E-state index in [1.165, 1.54) is 24.3 Å². The molecule has 46 heavy (non-hydrogen) atoms. The van der Waals surface area contributed by atoms with Gasteiger partial charge in [-0.2, -0.15) is 31.6 Å². The lowest BCUT2D eigenvalue weighted by Crippen LogP contribution is -2.78. The topological polar surface area (TPSA) is 43.6 Å². The molecule has 0 aliphatic carbocycles. The van der Waals surface area contributed by atoms with Gasteiger partial charge in [0.1, 0.15) is 5.69 Å². The van der Waals surface area contributed by atoms with E-state index in [1.807, 2.05) is 44.8 Å². The molecule has 0 amide bonds. The highest BCUT2D eigenvalue weighted by Gasteiger charge is 2.42. The van der Waals surface area contributed by atoms with Crippen LogP contribution >= 0.6 is 0 Å². The Balaban J connectivity index is 1.98. The molecule has 0 bridgehead atoms. The second-order valence-electron chi connectivity index (χ2n) is 13.3. The van der Waals surface area contributed by atoms with E-state index in [-0.39, 0.29) is 5.57 Å². The van der Waals surface area contributed by atoms with Crippen LogP contribution in [0, 0.1) is 17.2 Å². The molecule has 0 radical (unpaired) electrons. The summed E-state index contributed by atoms with van der Waals surface area (Å²) < 4.78 is 81.7. The lowest BCUT2D eigenvalue weighted by Gasteiger charge is -2.28. The lowest BCUT2D eigenvalue weighted by molar-refractivity contribution is -0.573. The number of alkyl halides is 6. The first-order valence-corrected chi connectivity index (χ1v) is 15.5. The molecule has 3 nitrogen and oxygen atoms in total. The SMILES string of the molecule is C=C(/C=C/C(C#N)=C/C=C1/N(CCC)c2ccc(C(F)(F)F)cc2C1(C)C)C(C)(C)c1cc(C(F)(F)F)ccc1[NH2+]CCC(C)C. The summed E-state index contributed by atoms with van der Waals surface area (Å²) in [6.07, 6.45) is -0.744. The van der Waals surface area contributed by atoms with Crippen LogP contribution < -0.4 is 10.2 Å². The summed E-state index contributed by atoms with van der Waals surface area (Å²) >= 11 is 0. The van der Waals surface area contributed by atoms with Crippen molar-refractivity contribution in [2.24, 2.45) is 5.92 Å². The largest absolute Gasteiger partial charge is 0.416 e. The van der Waals surface area contributed by atoms with Gasteiger partial charge in [-0.15, -0.1) is 0 Å². The van der Waals surface area contributed by atoms with Gasteiger partial charge in [-0.1, -0.05) is 61.1 Å². The number of anilines is 1. The van der Waals surface area contributed by atoms with Gasteiger partial charge < -0.3 is 10.2 Å². The first kappa shape index (κ1) is 36.7. The van der Waals surface area contributed by atoms with E-state index in [0.29, 0.717) is 40.5 Å². The standard InChI is InChI=1S/C37H43F6N3/c1-9-20-46-32-16-14-28(37(41,42)43)22-30(32)35(7,8)33(46)17-12-26(23-44)11-10-25(4)34(5,6)29-21-27(36(38,39)40)13-15-31(29)45-19-18-24(2)3/h10-17,21-22,24,45H,4,9,18-20H2,1-3,5-8H3/p+1/b11-10+,26-12-,33-17+. The van der Waals surface area contributed by atoms with Crippen LogP contribution in [0.2, 0.25) is 0 Å². The van der Waals surface area contributed by atoms with E-state index in [2.05, 4.69) is 26.5 Å². The number of halogens is 6. The number of fused-ring (bicyclic) bond motifs is 1. The molecule has 2 N–H and O–H groups in total. The average Bonchev–Trinajstić information content (AvgIpc) is 3.17. The fraction of sp³-hybridized carbons (Fsp3) is 0.432. The molecule has 0 saturated heterocycles. The first-order chi connectivity index (χ1) is 21.2. The molecule has 1 aliphatic heterocycles. The van der Waals surface area contributed by atoms with Crippen molar-refractivity contribution in [1.82, 2.24) is 0 Å². The number of hydrogen-bond donors (Lipinski definition) is 1. The van der Waals surface area contributed by atoms with E-state index >= 15 is 0 Å². The summed E-state index contributed by atoms with van der Waals surface area (Å²) in [7, 11) is 0. The highest BCUT2D eigenvalue weighted by atomic mass is 19.4. The summed E-state index contributed by atoms with van der Waals surface area (Å²) in [5.41, 5.74) is 0.880. The van der Waals surface area contributed by atoms with Crippen molar-refractivity contribution in [2.45, 2.75) is 84.5 Å². The van der Waals surface area contributed by atoms with E-state index in [4.69, 9.17) is 0 Å². The predicted molar refractivity (Wildman–Crippen MR) is 173 cm³/mol. The molecule has 0 spiro atoms. The maximum atomic E-state index is 13.7. The van der Waals surface area contributed by atoms with Crippen LogP contribution in [0.4, 0.5) is 37.7 Å². The Bertz CT molecular complexity index is 1560. The molecular formula is C37H44F6N3+. The molecular weight excluding hydrogens is 600 g/mol. The van der Waals surface area contributed by atoms with Gasteiger partial charge in [-0.3, -0.25) is 0 Å². The molecule has 0 saturated carbocycles. The highest BCUT2D eigenvalue weighted by Crippen LogP contribution is 2.49. The van der Waals surface area contributed by atoms with Crippen molar-refractivity contribution in [3.8, 4) is 6.07 Å². The minimum Gasteiger partial charge on any atom is -0.344 e. The molecule has 0 aromatic heterocycles. The van der Waals surface area contributed by atoms with Gasteiger partial charge in [0, 0.05) is 34.3 Å². The van der Waals surface area contributed by atoms with Gasteiger partial charge in [0.05, 0.1) is 29.3 Å². The van der Waals surface area contributed by atoms with Crippen LogP contribution in [0.1, 0.15) is 83.6 Å². The van der Waals surface area contributed by atoms with Crippen molar-refractivity contribution in [3.63, 3.8) is 0 Å². The summed E-state index contributed by atoms with van der Waals surface area (Å²) in [5.74, 6) is 0.446. The molecule has 2 aromatic rings. The molecule has 1 aliphatic rings. The van der Waals surface area contributed by atoms with Crippen LogP contribution in [0.3, 0.4) is 0 Å². The third-order valence-electron chi connectivity index (χ3n) is 8.65. The molecule has 0 unspecified atom stereocenters. The third kappa shape index (κ3) is 8.14. The number of allylic oxidation sites excluding steroid dienone is 7. The fourth-order valence-corrected chi connectivity index (χ4v) is 5.71. The lowest BCUT2D eigenvalue weighted by atomic mass is 9.76. The minimum atomic E-state index is -4.50. The number of benzene rings is 2. The maximum absolute atomic E-state index is 13.7. The van der Waals surface area contributed by atoms with Gasteiger partial charge in [0.2, 0.25) is 0 Å². The number of hydrogen-bond acceptors (Lipinski definition) is 2. The van der Waals surface area contributed by atoms with Gasteiger partial charge >= 0.3 is 12.4 Å². The van der Waals surface area contributed by atoms with E-state index in [9.17, 15) is 31.6 Å². The number of nitrogens with two attached hydrogens (primary N) is 1. The summed E-state index contributed by atoms with van der Waals surface area (Å²) in [6.45, 7) is 19.0. The summed E-state index contributed by atoms with van der Waals surface area (Å²) in [6, 6.07) is 9.71. The zero-order chi connectivity index (χ0) is 34.7. The molecule has 9 heteroatoms. The molecule has 0 fully saturated rings. The van der Waals surface area contributed by atoms with Crippen molar-refractivity contribution in [2.75, 3.05) is 18.0 Å². The summed E-state index contributed by atoms with van der Waals surface area (Å²) in [5, 5.41) is 11.9. The Morgan fingerprint density at radius 3 is 2.17 bits per heavy atom. The first-order valence-electron chi connectivity index (χ1n) is 15.5. The van der Waals surface area contributed by atoms with Crippen molar-refractivity contribution in [3.05, 3.63) is 106 Å². The number of nitrogens with zero attached hydrogens (tertiary/aromatic N) is 2. The zero-order valence-electron chi connectivity index (χ0n) is 27.6. The Morgan fingerprint density at radius 1 is 1.00 bits per heavy atom. The van der Waals surface area contributed by atoms with Crippen LogP contribution in [0.15, 0.2) is 84.1 Å². The van der Waals surface area contributed by atoms with E-state index < -0.39 is 34.3 Å². The normalized spacial score (nSPS) is 16.4. The second-order valence-corrected chi connectivity index (χ2v) is 13.3. The molecule has 248 valence electrons. The average molecular weight is 645 g/mol. The Kier molecular flexibility index (Phi) is 11.1. The van der Waals surface area contributed by atoms with E-state index in [1.54, 1.807) is 24.3 Å². The highest BCUT2D eigenvalue weighted by molar-refractivity contribution is 5.71. The Hall–Kier alpha value is -3.77. The van der Waals surface area contributed by atoms with Crippen molar-refractivity contribution in [1.29, 1.82) is 5.26 Å². The molecule has 1 heterocycles. The Morgan fingerprint density at radius 2 is 1.61 bits per heavy atom. The monoisotopic (exact) mass is 644 g/mol. The van der Waals surface area contributed by atoms with Crippen LogP contribution in [-0.2, 0) is 23.2 Å². The Labute approximate surface area is 269 Å². The van der Waals surface area contributed by atoms with Crippen molar-refractivity contribution < 1.29 is 31.7 Å². The van der Waals surface area contributed by atoms with Gasteiger partial charge in [0.25, 0.3) is 0 Å². The fourth-order valence-electron chi connectivity index (χ4n) is 5.71. The molecule has 2 aromatic carbocycles. The molecule has 3 rings (SSSR count). The second kappa shape index (κ2) is 13.9. The van der Waals surface area contributed by atoms with E-state index in [0.717, 1.165) is 37.2 Å². The number of quaternary nitrogens is 1. The van der Waals surface area contributed by atoms with Gasteiger partial charge in [-0.25, -0.2) is 0 Å². The van der Waals surface area contributed by atoms with Crippen LogP contribution in [0.25, 0.3) is 0 Å². The zero-order valence-corrected chi connectivity index (χ0v) is 27.6. The van der Waals surface area contributed by atoms with Crippen LogP contribution in [-0.4, -0.2) is 13.1 Å². The third-order valence-corrected chi connectivity index (χ3v) is 8.65. The summed E-state index contributed by atoms with van der Waals surface area (Å²) in [4.78, 5) is 1.98. The predicted octanol–water partition coefficient (Wildman–Crippen LogP) is 9.90. The van der Waals surface area contributed by atoms with Gasteiger partial charge in [-0.05, 0) is 84.5 Å². The quantitative estimate of drug-likeness (QED) is 0.115. The number of rotatable bonds is 11. The van der Waals surface area contributed by atoms with Gasteiger partial charge in [0.15, 0.2) is 0 Å². The molecule has 0 atom stereocenters. The smallest absolute Gasteiger partial charge is 0.344 e. The van der Waals surface area contributed by atoms with Crippen LogP contribution in [0.5, 0.6) is 0 Å². The maximum Gasteiger partial charge on any atom is 0.416 e. The minimum absolute atomic E-state index is 0.261.